The lowest BCUT2D eigenvalue weighted by molar-refractivity contribution is 1.21. The Labute approximate surface area is 147 Å². The Morgan fingerprint density at radius 3 is 1.50 bits per heavy atom. The fourth-order valence-corrected chi connectivity index (χ4v) is 10.6. The zero-order valence-electron chi connectivity index (χ0n) is 15.2. The SMILES string of the molecule is C[Si]1(C)Cc2ccccc2C[Si](C)(C)c2cccc3cccc1c23. The molecule has 1 aliphatic heterocycles. The van der Waals surface area contributed by atoms with Gasteiger partial charge < -0.3 is 0 Å². The second-order valence-electron chi connectivity index (χ2n) is 8.60. The van der Waals surface area contributed by atoms with Gasteiger partial charge in [0, 0.05) is 0 Å². The summed E-state index contributed by atoms with van der Waals surface area (Å²) in [5, 5.41) is 6.36. The maximum Gasteiger partial charge on any atom is 0.0857 e. The molecular formula is C22H26Si2. The Kier molecular flexibility index (Phi) is 3.59. The van der Waals surface area contributed by atoms with Crippen LogP contribution in [0.4, 0.5) is 0 Å². The van der Waals surface area contributed by atoms with Crippen LogP contribution in [0, 0.1) is 0 Å². The average molecular weight is 347 g/mol. The summed E-state index contributed by atoms with van der Waals surface area (Å²) < 4.78 is 0. The highest BCUT2D eigenvalue weighted by Gasteiger charge is 2.34. The molecule has 0 spiro atoms. The van der Waals surface area contributed by atoms with Crippen LogP contribution in [0.3, 0.4) is 0 Å². The molecule has 0 saturated carbocycles. The minimum absolute atomic E-state index is 1.25. The van der Waals surface area contributed by atoms with Crippen molar-refractivity contribution >= 4 is 37.3 Å². The second-order valence-corrected chi connectivity index (χ2v) is 17.9. The molecule has 3 aromatic carbocycles. The first-order chi connectivity index (χ1) is 11.4. The van der Waals surface area contributed by atoms with Crippen molar-refractivity contribution in [2.75, 3.05) is 0 Å². The predicted molar refractivity (Wildman–Crippen MR) is 112 cm³/mol. The highest BCUT2D eigenvalue weighted by atomic mass is 28.3. The number of hydrogen-bond donors (Lipinski definition) is 0. The lowest BCUT2D eigenvalue weighted by atomic mass is 10.1. The molecular weight excluding hydrogens is 320 g/mol. The number of benzene rings is 3. The van der Waals surface area contributed by atoms with Crippen LogP contribution in [0.15, 0.2) is 60.7 Å². The van der Waals surface area contributed by atoms with Gasteiger partial charge in [0.25, 0.3) is 0 Å². The topological polar surface area (TPSA) is 0 Å². The molecule has 24 heavy (non-hydrogen) atoms. The van der Waals surface area contributed by atoms with Crippen molar-refractivity contribution in [1.82, 2.24) is 0 Å². The molecule has 1 aliphatic rings. The van der Waals surface area contributed by atoms with Gasteiger partial charge in [-0.1, -0.05) is 97.2 Å². The minimum atomic E-state index is -1.55. The Bertz CT molecular complexity index is 850. The van der Waals surface area contributed by atoms with Crippen molar-refractivity contribution in [1.29, 1.82) is 0 Å². The number of fused-ring (bicyclic) bond motifs is 1. The third kappa shape index (κ3) is 2.49. The first-order valence-corrected chi connectivity index (χ1v) is 15.4. The van der Waals surface area contributed by atoms with E-state index in [1.165, 1.54) is 17.5 Å². The van der Waals surface area contributed by atoms with Gasteiger partial charge in [-0.15, -0.1) is 0 Å². The van der Waals surface area contributed by atoms with Gasteiger partial charge in [0.2, 0.25) is 0 Å². The normalized spacial score (nSPS) is 18.3. The highest BCUT2D eigenvalue weighted by molar-refractivity contribution is 6.95. The van der Waals surface area contributed by atoms with Crippen LogP contribution in [0.25, 0.3) is 10.8 Å². The molecule has 0 bridgehead atoms. The summed E-state index contributed by atoms with van der Waals surface area (Å²) in [5.74, 6) is 0. The van der Waals surface area contributed by atoms with Crippen molar-refractivity contribution in [3.05, 3.63) is 71.8 Å². The molecule has 0 fully saturated rings. The van der Waals surface area contributed by atoms with E-state index in [9.17, 15) is 0 Å². The lowest BCUT2D eigenvalue weighted by Gasteiger charge is -2.28. The molecule has 0 unspecified atom stereocenters. The summed E-state index contributed by atoms with van der Waals surface area (Å²) in [5.41, 5.74) is 3.19. The van der Waals surface area contributed by atoms with Crippen molar-refractivity contribution in [3.8, 4) is 0 Å². The zero-order chi connectivity index (χ0) is 16.9. The molecule has 122 valence electrons. The Morgan fingerprint density at radius 1 is 0.583 bits per heavy atom. The van der Waals surface area contributed by atoms with Gasteiger partial charge in [-0.05, 0) is 34.0 Å². The summed E-state index contributed by atoms with van der Waals surface area (Å²) in [6.45, 7) is 10.2. The maximum atomic E-state index is 2.55. The highest BCUT2D eigenvalue weighted by Crippen LogP contribution is 2.26. The lowest BCUT2D eigenvalue weighted by Crippen LogP contribution is -2.49. The summed E-state index contributed by atoms with van der Waals surface area (Å²) in [7, 11) is -3.10. The smallest absolute Gasteiger partial charge is 0.0652 e. The molecule has 0 aromatic heterocycles. The quantitative estimate of drug-likeness (QED) is 0.524. The third-order valence-corrected chi connectivity index (χ3v) is 12.0. The molecule has 0 nitrogen and oxygen atoms in total. The average Bonchev–Trinajstić information content (AvgIpc) is 2.57. The van der Waals surface area contributed by atoms with E-state index in [2.05, 4.69) is 86.9 Å². The largest absolute Gasteiger partial charge is 0.0857 e. The summed E-state index contributed by atoms with van der Waals surface area (Å²) in [6, 6.07) is 25.7. The molecule has 4 rings (SSSR count). The van der Waals surface area contributed by atoms with E-state index in [-0.39, 0.29) is 0 Å². The first-order valence-electron chi connectivity index (χ1n) is 8.98. The van der Waals surface area contributed by atoms with E-state index >= 15 is 0 Å². The van der Waals surface area contributed by atoms with Gasteiger partial charge in [0.15, 0.2) is 0 Å². The predicted octanol–water partition coefficient (Wildman–Crippen LogP) is 4.55. The monoisotopic (exact) mass is 346 g/mol. The fourth-order valence-electron chi connectivity index (χ4n) is 4.51. The molecule has 1 heterocycles. The molecule has 0 aliphatic carbocycles. The number of rotatable bonds is 0. The van der Waals surface area contributed by atoms with E-state index in [0.29, 0.717) is 0 Å². The van der Waals surface area contributed by atoms with Crippen molar-refractivity contribution in [3.63, 3.8) is 0 Å². The molecule has 2 heteroatoms. The van der Waals surface area contributed by atoms with Crippen LogP contribution < -0.4 is 10.4 Å². The van der Waals surface area contributed by atoms with Gasteiger partial charge in [0.05, 0.1) is 16.1 Å². The fraction of sp³-hybridized carbons (Fsp3) is 0.273. The van der Waals surface area contributed by atoms with Crippen molar-refractivity contribution in [2.24, 2.45) is 0 Å². The van der Waals surface area contributed by atoms with Crippen molar-refractivity contribution < 1.29 is 0 Å². The maximum absolute atomic E-state index is 2.55. The van der Waals surface area contributed by atoms with Crippen LogP contribution in [0.5, 0.6) is 0 Å². The minimum Gasteiger partial charge on any atom is -0.0652 e. The number of hydrogen-bond acceptors (Lipinski definition) is 0. The summed E-state index contributed by atoms with van der Waals surface area (Å²) in [6.07, 6.45) is 0. The summed E-state index contributed by atoms with van der Waals surface area (Å²) in [4.78, 5) is 0. The van der Waals surface area contributed by atoms with Crippen molar-refractivity contribution in [2.45, 2.75) is 38.3 Å². The molecule has 0 N–H and O–H groups in total. The van der Waals surface area contributed by atoms with Crippen LogP contribution >= 0.6 is 0 Å². The van der Waals surface area contributed by atoms with Gasteiger partial charge in [0.1, 0.15) is 0 Å². The standard InChI is InChI=1S/C22H26Si2/c1-23(2)15-18-9-5-6-10-19(18)16-24(3,4)21-14-8-12-17-11-7-13-20(23)22(17)21/h5-14H,15-16H2,1-4H3. The van der Waals surface area contributed by atoms with Gasteiger partial charge >= 0.3 is 0 Å². The van der Waals surface area contributed by atoms with Gasteiger partial charge in [-0.2, -0.15) is 0 Å². The van der Waals surface area contributed by atoms with Crippen LogP contribution in [0.2, 0.25) is 26.2 Å². The van der Waals surface area contributed by atoms with E-state index in [0.717, 1.165) is 0 Å². The van der Waals surface area contributed by atoms with E-state index in [1.54, 1.807) is 26.9 Å². The van der Waals surface area contributed by atoms with E-state index < -0.39 is 16.1 Å². The molecule has 0 saturated heterocycles. The second kappa shape index (κ2) is 5.43. The Morgan fingerprint density at radius 2 is 1.04 bits per heavy atom. The van der Waals surface area contributed by atoms with Gasteiger partial charge in [-0.25, -0.2) is 0 Å². The Balaban J connectivity index is 2.11. The molecule has 0 atom stereocenters. The molecule has 0 radical (unpaired) electrons. The van der Waals surface area contributed by atoms with E-state index in [4.69, 9.17) is 0 Å². The third-order valence-electron chi connectivity index (χ3n) is 5.75. The zero-order valence-corrected chi connectivity index (χ0v) is 17.2. The molecule has 0 amide bonds. The molecule has 3 aromatic rings. The summed E-state index contributed by atoms with van der Waals surface area (Å²) >= 11 is 0. The van der Waals surface area contributed by atoms with Crippen LogP contribution in [-0.4, -0.2) is 16.1 Å². The van der Waals surface area contributed by atoms with Gasteiger partial charge in [-0.3, -0.25) is 0 Å². The van der Waals surface area contributed by atoms with Crippen LogP contribution in [0.1, 0.15) is 11.1 Å². The first kappa shape index (κ1) is 15.9. The van der Waals surface area contributed by atoms with Crippen LogP contribution in [-0.2, 0) is 12.1 Å². The van der Waals surface area contributed by atoms with E-state index in [1.807, 2.05) is 0 Å². The Hall–Kier alpha value is -1.65.